The molecule has 106 valence electrons. The Labute approximate surface area is 122 Å². The van der Waals surface area contributed by atoms with E-state index in [-0.39, 0.29) is 5.97 Å². The predicted octanol–water partition coefficient (Wildman–Crippen LogP) is 3.28. The van der Waals surface area contributed by atoms with Gasteiger partial charge in [0.15, 0.2) is 10.8 Å². The number of nitrogens with one attached hydrogen (secondary N) is 1. The average molecular weight is 290 g/mol. The largest absolute Gasteiger partial charge is 0.461 e. The van der Waals surface area contributed by atoms with Gasteiger partial charge in [-0.05, 0) is 31.4 Å². The molecule has 0 saturated heterocycles. The number of nitrogens with zero attached hydrogens (tertiary/aromatic N) is 1. The van der Waals surface area contributed by atoms with Crippen LogP contribution >= 0.6 is 11.3 Å². The molecule has 0 aliphatic rings. The zero-order valence-corrected chi connectivity index (χ0v) is 12.5. The fraction of sp³-hybridized carbons (Fsp3) is 0.333. The highest BCUT2D eigenvalue weighted by Gasteiger charge is 2.11. The van der Waals surface area contributed by atoms with Crippen LogP contribution in [0.2, 0.25) is 0 Å². The Kier molecular flexibility index (Phi) is 5.12. The molecule has 0 unspecified atom stereocenters. The van der Waals surface area contributed by atoms with E-state index in [0.717, 1.165) is 18.1 Å². The molecule has 0 saturated carbocycles. The molecule has 0 radical (unpaired) electrons. The number of esters is 1. The van der Waals surface area contributed by atoms with Gasteiger partial charge in [0.2, 0.25) is 0 Å². The van der Waals surface area contributed by atoms with E-state index in [4.69, 9.17) is 4.74 Å². The highest BCUT2D eigenvalue weighted by Crippen LogP contribution is 2.16. The number of carbonyl (C=O) groups is 1. The number of hydrogen-bond acceptors (Lipinski definition) is 5. The molecule has 20 heavy (non-hydrogen) atoms. The number of carbonyl (C=O) groups excluding carboxylic acids is 1. The Bertz CT molecular complexity index is 581. The minimum Gasteiger partial charge on any atom is -0.461 e. The lowest BCUT2D eigenvalue weighted by atomic mass is 10.1. The third-order valence-corrected chi connectivity index (χ3v) is 3.72. The summed E-state index contributed by atoms with van der Waals surface area (Å²) in [5, 5.41) is 5.71. The van der Waals surface area contributed by atoms with Gasteiger partial charge < -0.3 is 10.1 Å². The molecular weight excluding hydrogens is 272 g/mol. The lowest BCUT2D eigenvalue weighted by Gasteiger charge is -2.05. The van der Waals surface area contributed by atoms with E-state index in [1.165, 1.54) is 22.5 Å². The molecule has 0 atom stereocenters. The SMILES string of the molecule is CCOC(=O)c1csc(NCCc2ccccc2C)n1. The van der Waals surface area contributed by atoms with Crippen molar-refractivity contribution in [2.24, 2.45) is 0 Å². The van der Waals surface area contributed by atoms with Crippen LogP contribution in [0, 0.1) is 6.92 Å². The van der Waals surface area contributed by atoms with E-state index >= 15 is 0 Å². The highest BCUT2D eigenvalue weighted by molar-refractivity contribution is 7.13. The first-order chi connectivity index (χ1) is 9.70. The maximum Gasteiger partial charge on any atom is 0.357 e. The second-order valence-electron chi connectivity index (χ2n) is 4.36. The molecule has 0 fully saturated rings. The predicted molar refractivity (Wildman–Crippen MR) is 81.4 cm³/mol. The number of thiazole rings is 1. The van der Waals surface area contributed by atoms with Gasteiger partial charge in [-0.15, -0.1) is 11.3 Å². The second kappa shape index (κ2) is 7.05. The topological polar surface area (TPSA) is 51.2 Å². The van der Waals surface area contributed by atoms with Gasteiger partial charge >= 0.3 is 5.97 Å². The van der Waals surface area contributed by atoms with Crippen molar-refractivity contribution in [1.29, 1.82) is 0 Å². The van der Waals surface area contributed by atoms with E-state index < -0.39 is 0 Å². The van der Waals surface area contributed by atoms with Crippen LogP contribution in [0.1, 0.15) is 28.5 Å². The molecule has 1 N–H and O–H groups in total. The summed E-state index contributed by atoms with van der Waals surface area (Å²) in [6, 6.07) is 8.32. The Morgan fingerprint density at radius 3 is 2.95 bits per heavy atom. The third kappa shape index (κ3) is 3.81. The molecule has 0 aliphatic heterocycles. The lowest BCUT2D eigenvalue weighted by Crippen LogP contribution is -2.07. The summed E-state index contributed by atoms with van der Waals surface area (Å²) in [4.78, 5) is 15.7. The zero-order chi connectivity index (χ0) is 14.4. The van der Waals surface area contributed by atoms with Crippen molar-refractivity contribution in [3.8, 4) is 0 Å². The minimum absolute atomic E-state index is 0.365. The van der Waals surface area contributed by atoms with Gasteiger partial charge in [-0.3, -0.25) is 0 Å². The summed E-state index contributed by atoms with van der Waals surface area (Å²) in [5.41, 5.74) is 2.98. The van der Waals surface area contributed by atoms with Crippen molar-refractivity contribution in [2.75, 3.05) is 18.5 Å². The monoisotopic (exact) mass is 290 g/mol. The van der Waals surface area contributed by atoms with E-state index in [1.807, 2.05) is 12.1 Å². The Morgan fingerprint density at radius 1 is 1.40 bits per heavy atom. The number of rotatable bonds is 6. The van der Waals surface area contributed by atoms with Gasteiger partial charge in [0.05, 0.1) is 6.61 Å². The van der Waals surface area contributed by atoms with E-state index in [0.29, 0.717) is 12.3 Å². The summed E-state index contributed by atoms with van der Waals surface area (Å²) < 4.78 is 4.91. The smallest absolute Gasteiger partial charge is 0.357 e. The maximum absolute atomic E-state index is 11.5. The van der Waals surface area contributed by atoms with Crippen molar-refractivity contribution in [3.63, 3.8) is 0 Å². The highest BCUT2D eigenvalue weighted by atomic mass is 32.1. The number of benzene rings is 1. The van der Waals surface area contributed by atoms with Gasteiger partial charge in [-0.1, -0.05) is 24.3 Å². The molecular formula is C15H18N2O2S. The van der Waals surface area contributed by atoms with Crippen LogP contribution in [0.5, 0.6) is 0 Å². The van der Waals surface area contributed by atoms with Gasteiger partial charge in [-0.2, -0.15) is 0 Å². The third-order valence-electron chi connectivity index (χ3n) is 2.92. The van der Waals surface area contributed by atoms with Crippen LogP contribution in [0.15, 0.2) is 29.6 Å². The van der Waals surface area contributed by atoms with Crippen molar-refractivity contribution in [2.45, 2.75) is 20.3 Å². The van der Waals surface area contributed by atoms with Gasteiger partial charge in [0.1, 0.15) is 0 Å². The van der Waals surface area contributed by atoms with Crippen LogP contribution in [-0.4, -0.2) is 24.1 Å². The first-order valence-electron chi connectivity index (χ1n) is 6.61. The van der Waals surface area contributed by atoms with Crippen LogP contribution < -0.4 is 5.32 Å². The number of aromatic nitrogens is 1. The number of ether oxygens (including phenoxy) is 1. The number of aryl methyl sites for hydroxylation is 1. The Morgan fingerprint density at radius 2 is 2.20 bits per heavy atom. The van der Waals surface area contributed by atoms with E-state index in [1.54, 1.807) is 12.3 Å². The Balaban J connectivity index is 1.86. The summed E-state index contributed by atoms with van der Waals surface area (Å²) in [6.45, 7) is 5.05. The fourth-order valence-electron chi connectivity index (χ4n) is 1.85. The van der Waals surface area contributed by atoms with E-state index in [2.05, 4.69) is 29.4 Å². The zero-order valence-electron chi connectivity index (χ0n) is 11.7. The molecule has 2 aromatic rings. The summed E-state index contributed by atoms with van der Waals surface area (Å²) in [5.74, 6) is -0.365. The van der Waals surface area contributed by atoms with Crippen LogP contribution in [0.25, 0.3) is 0 Å². The van der Waals surface area contributed by atoms with Crippen LogP contribution in [-0.2, 0) is 11.2 Å². The van der Waals surface area contributed by atoms with Crippen molar-refractivity contribution < 1.29 is 9.53 Å². The Hall–Kier alpha value is -1.88. The molecule has 0 amide bonds. The number of anilines is 1. The first-order valence-corrected chi connectivity index (χ1v) is 7.49. The fourth-order valence-corrected chi connectivity index (χ4v) is 2.56. The van der Waals surface area contributed by atoms with Crippen molar-refractivity contribution in [1.82, 2.24) is 4.98 Å². The maximum atomic E-state index is 11.5. The second-order valence-corrected chi connectivity index (χ2v) is 5.22. The molecule has 5 heteroatoms. The summed E-state index contributed by atoms with van der Waals surface area (Å²) in [6.07, 6.45) is 0.932. The number of hydrogen-bond donors (Lipinski definition) is 1. The summed E-state index contributed by atoms with van der Waals surface area (Å²) >= 11 is 1.42. The lowest BCUT2D eigenvalue weighted by molar-refractivity contribution is 0.0520. The molecule has 0 bridgehead atoms. The quantitative estimate of drug-likeness (QED) is 0.829. The molecule has 2 rings (SSSR count). The van der Waals surface area contributed by atoms with Gasteiger partial charge in [0.25, 0.3) is 0 Å². The average Bonchev–Trinajstić information content (AvgIpc) is 2.90. The van der Waals surface area contributed by atoms with Crippen LogP contribution in [0.4, 0.5) is 5.13 Å². The van der Waals surface area contributed by atoms with E-state index in [9.17, 15) is 4.79 Å². The molecule has 0 spiro atoms. The van der Waals surface area contributed by atoms with Crippen molar-refractivity contribution in [3.05, 3.63) is 46.5 Å². The van der Waals surface area contributed by atoms with Crippen LogP contribution in [0.3, 0.4) is 0 Å². The molecule has 0 aliphatic carbocycles. The minimum atomic E-state index is -0.365. The van der Waals surface area contributed by atoms with Crippen molar-refractivity contribution >= 4 is 22.4 Å². The molecule has 1 aromatic carbocycles. The standard InChI is InChI=1S/C15H18N2O2S/c1-3-19-14(18)13-10-20-15(17-13)16-9-8-12-7-5-4-6-11(12)2/h4-7,10H,3,8-9H2,1-2H3,(H,16,17). The molecule has 1 heterocycles. The molecule has 4 nitrogen and oxygen atoms in total. The molecule has 1 aromatic heterocycles. The normalized spacial score (nSPS) is 10.3. The summed E-state index contributed by atoms with van der Waals surface area (Å²) in [7, 11) is 0. The first kappa shape index (κ1) is 14.5. The van der Waals surface area contributed by atoms with Gasteiger partial charge in [-0.25, -0.2) is 9.78 Å². The van der Waals surface area contributed by atoms with Gasteiger partial charge in [0, 0.05) is 11.9 Å².